The predicted molar refractivity (Wildman–Crippen MR) is 99.1 cm³/mol. The summed E-state index contributed by atoms with van der Waals surface area (Å²) >= 11 is 0. The summed E-state index contributed by atoms with van der Waals surface area (Å²) in [6, 6.07) is 7.33. The Morgan fingerprint density at radius 2 is 1.92 bits per heavy atom. The van der Waals surface area contributed by atoms with Crippen molar-refractivity contribution in [1.29, 1.82) is 0 Å². The van der Waals surface area contributed by atoms with E-state index in [0.717, 1.165) is 11.5 Å². The van der Waals surface area contributed by atoms with Gasteiger partial charge in [0.15, 0.2) is 5.96 Å². The lowest BCUT2D eigenvalue weighted by Crippen LogP contribution is -2.41. The first-order valence-electron chi connectivity index (χ1n) is 8.60. The molecule has 1 fully saturated rings. The molecule has 0 heterocycles. The van der Waals surface area contributed by atoms with E-state index in [4.69, 9.17) is 4.74 Å². The molecule has 1 saturated carbocycles. The molecule has 0 saturated heterocycles. The number of ether oxygens (including phenoxy) is 1. The zero-order chi connectivity index (χ0) is 18.1. The van der Waals surface area contributed by atoms with Crippen LogP contribution in [0.25, 0.3) is 0 Å². The summed E-state index contributed by atoms with van der Waals surface area (Å²) in [6.07, 6.45) is 4.90. The van der Waals surface area contributed by atoms with E-state index in [9.17, 15) is 8.42 Å². The number of hydrogen-bond donors (Lipinski definition) is 3. The second-order valence-electron chi connectivity index (χ2n) is 6.09. The number of methoxy groups -OCH3 is 1. The summed E-state index contributed by atoms with van der Waals surface area (Å²) in [7, 11) is -0.199. The average Bonchev–Trinajstić information content (AvgIpc) is 3.12. The van der Waals surface area contributed by atoms with Gasteiger partial charge in [-0.1, -0.05) is 25.0 Å². The van der Waals surface area contributed by atoms with Gasteiger partial charge in [0.2, 0.25) is 10.0 Å². The van der Waals surface area contributed by atoms with Gasteiger partial charge in [-0.05, 0) is 30.5 Å². The first kappa shape index (κ1) is 19.7. The SMILES string of the molecule is CN=C(NCc1ccc(S(=O)(=O)NCCOC)cc1)NC1CCCC1. The van der Waals surface area contributed by atoms with Gasteiger partial charge in [-0.25, -0.2) is 13.1 Å². The van der Waals surface area contributed by atoms with Gasteiger partial charge in [0.1, 0.15) is 0 Å². The van der Waals surface area contributed by atoms with Gasteiger partial charge < -0.3 is 15.4 Å². The van der Waals surface area contributed by atoms with Crippen LogP contribution in [0.3, 0.4) is 0 Å². The van der Waals surface area contributed by atoms with Crippen LogP contribution in [-0.4, -0.2) is 47.7 Å². The molecule has 0 atom stereocenters. The molecule has 0 amide bonds. The third-order valence-corrected chi connectivity index (χ3v) is 5.69. The highest BCUT2D eigenvalue weighted by atomic mass is 32.2. The summed E-state index contributed by atoms with van der Waals surface area (Å²) < 4.78 is 31.6. The van der Waals surface area contributed by atoms with E-state index in [1.807, 2.05) is 0 Å². The molecule has 140 valence electrons. The van der Waals surface area contributed by atoms with Crippen LogP contribution in [0, 0.1) is 0 Å². The molecule has 1 aromatic carbocycles. The summed E-state index contributed by atoms with van der Waals surface area (Å²) in [5, 5.41) is 6.69. The first-order chi connectivity index (χ1) is 12.0. The molecule has 25 heavy (non-hydrogen) atoms. The van der Waals surface area contributed by atoms with E-state index < -0.39 is 10.0 Å². The minimum Gasteiger partial charge on any atom is -0.383 e. The van der Waals surface area contributed by atoms with Crippen molar-refractivity contribution in [2.75, 3.05) is 27.3 Å². The number of nitrogens with one attached hydrogen (secondary N) is 3. The van der Waals surface area contributed by atoms with Crippen LogP contribution in [0.5, 0.6) is 0 Å². The van der Waals surface area contributed by atoms with Gasteiger partial charge in [0, 0.05) is 33.3 Å². The first-order valence-corrected chi connectivity index (χ1v) is 10.1. The Kier molecular flexibility index (Phi) is 7.67. The third kappa shape index (κ3) is 6.30. The maximum absolute atomic E-state index is 12.1. The van der Waals surface area contributed by atoms with Crippen LogP contribution in [0.15, 0.2) is 34.2 Å². The molecule has 8 heteroatoms. The van der Waals surface area contributed by atoms with E-state index in [2.05, 4.69) is 20.3 Å². The minimum atomic E-state index is -3.49. The summed E-state index contributed by atoms with van der Waals surface area (Å²) in [5.41, 5.74) is 0.991. The molecule has 0 unspecified atom stereocenters. The molecular formula is C17H28N4O3S. The van der Waals surface area contributed by atoms with Crippen LogP contribution >= 0.6 is 0 Å². The van der Waals surface area contributed by atoms with Gasteiger partial charge in [-0.15, -0.1) is 0 Å². The Morgan fingerprint density at radius 3 is 2.52 bits per heavy atom. The van der Waals surface area contributed by atoms with E-state index in [1.54, 1.807) is 31.3 Å². The fraction of sp³-hybridized carbons (Fsp3) is 0.588. The Labute approximate surface area is 150 Å². The van der Waals surface area contributed by atoms with Crippen LogP contribution in [0.4, 0.5) is 0 Å². The van der Waals surface area contributed by atoms with E-state index >= 15 is 0 Å². The summed E-state index contributed by atoms with van der Waals surface area (Å²) in [5.74, 6) is 0.782. The van der Waals surface area contributed by atoms with Gasteiger partial charge in [-0.3, -0.25) is 4.99 Å². The Hall–Kier alpha value is -1.64. The number of hydrogen-bond acceptors (Lipinski definition) is 4. The number of nitrogens with zero attached hydrogens (tertiary/aromatic N) is 1. The molecule has 0 aromatic heterocycles. The van der Waals surface area contributed by atoms with Gasteiger partial charge >= 0.3 is 0 Å². The van der Waals surface area contributed by atoms with Crippen molar-refractivity contribution < 1.29 is 13.2 Å². The molecule has 0 aliphatic heterocycles. The van der Waals surface area contributed by atoms with Crippen molar-refractivity contribution in [3.8, 4) is 0 Å². The van der Waals surface area contributed by atoms with Crippen molar-refractivity contribution in [2.24, 2.45) is 4.99 Å². The lowest BCUT2D eigenvalue weighted by atomic mass is 10.2. The van der Waals surface area contributed by atoms with Gasteiger partial charge in [0.25, 0.3) is 0 Å². The molecule has 0 radical (unpaired) electrons. The monoisotopic (exact) mass is 368 g/mol. The highest BCUT2D eigenvalue weighted by molar-refractivity contribution is 7.89. The summed E-state index contributed by atoms with van der Waals surface area (Å²) in [4.78, 5) is 4.49. The van der Waals surface area contributed by atoms with E-state index in [-0.39, 0.29) is 11.4 Å². The maximum atomic E-state index is 12.1. The average molecular weight is 369 g/mol. The Morgan fingerprint density at radius 1 is 1.24 bits per heavy atom. The molecule has 1 aliphatic carbocycles. The molecule has 0 spiro atoms. The van der Waals surface area contributed by atoms with Crippen LogP contribution in [0.2, 0.25) is 0 Å². The van der Waals surface area contributed by atoms with Crippen molar-refractivity contribution >= 4 is 16.0 Å². The van der Waals surface area contributed by atoms with Gasteiger partial charge in [0.05, 0.1) is 11.5 Å². The predicted octanol–water partition coefficient (Wildman–Crippen LogP) is 1.22. The largest absolute Gasteiger partial charge is 0.383 e. The fourth-order valence-electron chi connectivity index (χ4n) is 2.79. The number of aliphatic imine (C=N–C) groups is 1. The van der Waals surface area contributed by atoms with Crippen molar-refractivity contribution in [3.63, 3.8) is 0 Å². The second-order valence-corrected chi connectivity index (χ2v) is 7.85. The molecule has 7 nitrogen and oxygen atoms in total. The van der Waals surface area contributed by atoms with Crippen molar-refractivity contribution in [2.45, 2.75) is 43.2 Å². The van der Waals surface area contributed by atoms with Crippen LogP contribution in [-0.2, 0) is 21.3 Å². The standard InChI is InChI=1S/C17H28N4O3S/c1-18-17(21-15-5-3-4-6-15)19-13-14-7-9-16(10-8-14)25(22,23)20-11-12-24-2/h7-10,15,20H,3-6,11-13H2,1-2H3,(H2,18,19,21). The third-order valence-electron chi connectivity index (χ3n) is 4.21. The van der Waals surface area contributed by atoms with Gasteiger partial charge in [-0.2, -0.15) is 0 Å². The lowest BCUT2D eigenvalue weighted by Gasteiger charge is -2.17. The van der Waals surface area contributed by atoms with Crippen molar-refractivity contribution in [1.82, 2.24) is 15.4 Å². The van der Waals surface area contributed by atoms with Crippen molar-refractivity contribution in [3.05, 3.63) is 29.8 Å². The molecule has 1 aromatic rings. The Balaban J connectivity index is 1.86. The number of guanidine groups is 1. The van der Waals surface area contributed by atoms with Crippen LogP contribution in [0.1, 0.15) is 31.2 Å². The zero-order valence-corrected chi connectivity index (χ0v) is 15.7. The topological polar surface area (TPSA) is 91.8 Å². The molecule has 3 N–H and O–H groups in total. The Bertz CT molecular complexity index is 653. The minimum absolute atomic E-state index is 0.251. The molecular weight excluding hydrogens is 340 g/mol. The lowest BCUT2D eigenvalue weighted by molar-refractivity contribution is 0.204. The smallest absolute Gasteiger partial charge is 0.240 e. The maximum Gasteiger partial charge on any atom is 0.240 e. The summed E-state index contributed by atoms with van der Waals surface area (Å²) in [6.45, 7) is 1.18. The van der Waals surface area contributed by atoms with Crippen LogP contribution < -0.4 is 15.4 Å². The number of benzene rings is 1. The zero-order valence-electron chi connectivity index (χ0n) is 14.9. The molecule has 2 rings (SSSR count). The highest BCUT2D eigenvalue weighted by Gasteiger charge is 2.16. The molecule has 0 bridgehead atoms. The number of rotatable bonds is 8. The molecule has 1 aliphatic rings. The highest BCUT2D eigenvalue weighted by Crippen LogP contribution is 2.17. The van der Waals surface area contributed by atoms with E-state index in [1.165, 1.54) is 32.8 Å². The number of sulfonamides is 1. The fourth-order valence-corrected chi connectivity index (χ4v) is 3.80. The normalized spacial score (nSPS) is 16.2. The second kappa shape index (κ2) is 9.74. The quantitative estimate of drug-likeness (QED) is 0.365. The van der Waals surface area contributed by atoms with E-state index in [0.29, 0.717) is 19.2 Å².